The van der Waals surface area contributed by atoms with Crippen molar-refractivity contribution in [2.24, 2.45) is 11.8 Å². The molecule has 7 heteroatoms. The molecular formula is C13H17N5O2. The third kappa shape index (κ3) is 3.22. The van der Waals surface area contributed by atoms with E-state index < -0.39 is 0 Å². The summed E-state index contributed by atoms with van der Waals surface area (Å²) in [6.45, 7) is 1.72. The lowest BCUT2D eigenvalue weighted by Gasteiger charge is -2.15. The molecule has 0 saturated carbocycles. The summed E-state index contributed by atoms with van der Waals surface area (Å²) in [7, 11) is 1.62. The van der Waals surface area contributed by atoms with Crippen LogP contribution in [-0.2, 0) is 9.53 Å². The predicted molar refractivity (Wildman–Crippen MR) is 71.7 cm³/mol. The average Bonchev–Trinajstić information content (AvgIpc) is 2.90. The minimum atomic E-state index is -0.216. The van der Waals surface area contributed by atoms with Gasteiger partial charge >= 0.3 is 0 Å². The minimum Gasteiger partial charge on any atom is -0.384 e. The van der Waals surface area contributed by atoms with Crippen LogP contribution in [0.15, 0.2) is 18.5 Å². The van der Waals surface area contributed by atoms with Gasteiger partial charge in [0.15, 0.2) is 0 Å². The van der Waals surface area contributed by atoms with Gasteiger partial charge in [-0.15, -0.1) is 0 Å². The van der Waals surface area contributed by atoms with Crippen molar-refractivity contribution in [3.05, 3.63) is 18.5 Å². The number of methoxy groups -OCH3 is 1. The molecule has 1 aromatic heterocycles. The van der Waals surface area contributed by atoms with E-state index in [1.54, 1.807) is 25.6 Å². The molecule has 1 N–H and O–H groups in total. The molecule has 0 aliphatic carbocycles. The molecule has 0 aromatic carbocycles. The second-order valence-corrected chi connectivity index (χ2v) is 4.65. The van der Waals surface area contributed by atoms with E-state index >= 15 is 0 Å². The summed E-state index contributed by atoms with van der Waals surface area (Å²) < 4.78 is 5.18. The topological polar surface area (TPSA) is 91.1 Å². The number of carbonyl (C=O) groups is 1. The summed E-state index contributed by atoms with van der Waals surface area (Å²) in [5.41, 5.74) is 0. The van der Waals surface area contributed by atoms with Gasteiger partial charge in [0.05, 0.1) is 18.6 Å². The van der Waals surface area contributed by atoms with Gasteiger partial charge < -0.3 is 15.0 Å². The van der Waals surface area contributed by atoms with Gasteiger partial charge in [0.25, 0.3) is 0 Å². The Morgan fingerprint density at radius 2 is 2.30 bits per heavy atom. The Morgan fingerprint density at radius 3 is 2.95 bits per heavy atom. The lowest BCUT2D eigenvalue weighted by atomic mass is 9.96. The average molecular weight is 275 g/mol. The summed E-state index contributed by atoms with van der Waals surface area (Å²) in [4.78, 5) is 22.5. The van der Waals surface area contributed by atoms with Crippen LogP contribution in [-0.4, -0.2) is 49.2 Å². The predicted octanol–water partition coefficient (Wildman–Crippen LogP) is -0.185. The normalized spacial score (nSPS) is 21.5. The number of aromatic nitrogens is 2. The fourth-order valence-corrected chi connectivity index (χ4v) is 2.43. The van der Waals surface area contributed by atoms with Gasteiger partial charge in [-0.3, -0.25) is 4.79 Å². The van der Waals surface area contributed by atoms with Crippen molar-refractivity contribution < 1.29 is 9.53 Å². The maximum atomic E-state index is 12.1. The smallest absolute Gasteiger partial charge is 0.226 e. The molecule has 0 bridgehead atoms. The van der Waals surface area contributed by atoms with Gasteiger partial charge in [0.2, 0.25) is 11.9 Å². The highest BCUT2D eigenvalue weighted by atomic mass is 16.5. The van der Waals surface area contributed by atoms with E-state index in [1.165, 1.54) is 0 Å². The number of anilines is 1. The Balaban J connectivity index is 2.07. The first-order valence-electron chi connectivity index (χ1n) is 6.41. The fraction of sp³-hybridized carbons (Fsp3) is 0.538. The first kappa shape index (κ1) is 14.2. The molecular weight excluding hydrogens is 258 g/mol. The number of hydrogen-bond donors (Lipinski definition) is 1. The van der Waals surface area contributed by atoms with Crippen molar-refractivity contribution in [1.82, 2.24) is 15.3 Å². The molecule has 1 saturated heterocycles. The molecule has 0 unspecified atom stereocenters. The van der Waals surface area contributed by atoms with Gasteiger partial charge in [-0.1, -0.05) is 0 Å². The van der Waals surface area contributed by atoms with Crippen LogP contribution in [0.3, 0.4) is 0 Å². The second kappa shape index (κ2) is 6.82. The molecule has 20 heavy (non-hydrogen) atoms. The molecule has 1 aliphatic heterocycles. The van der Waals surface area contributed by atoms with E-state index in [4.69, 9.17) is 10.00 Å². The Hall–Kier alpha value is -2.20. The highest BCUT2D eigenvalue weighted by Gasteiger charge is 2.38. The minimum absolute atomic E-state index is 0.0247. The van der Waals surface area contributed by atoms with Crippen molar-refractivity contribution in [2.75, 3.05) is 38.3 Å². The standard InChI is InChI=1S/C13H17N5O2/c1-20-9-10-7-18(13-16-4-2-5-17-13)8-11(10)12(19)15-6-3-14/h2,4-5,10-11H,6-9H2,1H3,(H,15,19)/t10-,11+/m0/s1. The zero-order valence-corrected chi connectivity index (χ0v) is 11.3. The Labute approximate surface area is 117 Å². The third-order valence-corrected chi connectivity index (χ3v) is 3.34. The molecule has 2 heterocycles. The molecule has 106 valence electrons. The molecule has 7 nitrogen and oxygen atoms in total. The first-order valence-corrected chi connectivity index (χ1v) is 6.41. The third-order valence-electron chi connectivity index (χ3n) is 3.34. The summed E-state index contributed by atoms with van der Waals surface area (Å²) in [5.74, 6) is 0.353. The molecule has 2 rings (SSSR count). The largest absolute Gasteiger partial charge is 0.384 e. The van der Waals surface area contributed by atoms with Crippen LogP contribution in [0.25, 0.3) is 0 Å². The first-order chi connectivity index (χ1) is 9.76. The zero-order chi connectivity index (χ0) is 14.4. The summed E-state index contributed by atoms with van der Waals surface area (Å²) in [6.07, 6.45) is 3.35. The summed E-state index contributed by atoms with van der Waals surface area (Å²) >= 11 is 0. The van der Waals surface area contributed by atoms with E-state index in [9.17, 15) is 4.79 Å². The van der Waals surface area contributed by atoms with E-state index in [-0.39, 0.29) is 24.3 Å². The van der Waals surface area contributed by atoms with Crippen LogP contribution in [0.1, 0.15) is 0 Å². The SMILES string of the molecule is COC[C@@H]1CN(c2ncccn2)C[C@H]1C(=O)NCC#N. The number of ether oxygens (including phenoxy) is 1. The molecule has 1 aliphatic rings. The van der Waals surface area contributed by atoms with Crippen molar-refractivity contribution in [3.8, 4) is 6.07 Å². The molecule has 0 radical (unpaired) electrons. The number of nitrogens with one attached hydrogen (secondary N) is 1. The van der Waals surface area contributed by atoms with Crippen LogP contribution in [0.5, 0.6) is 0 Å². The van der Waals surface area contributed by atoms with Crippen molar-refractivity contribution in [2.45, 2.75) is 0 Å². The number of carbonyl (C=O) groups excluding carboxylic acids is 1. The highest BCUT2D eigenvalue weighted by molar-refractivity contribution is 5.80. The quantitative estimate of drug-likeness (QED) is 0.749. The molecule has 1 aromatic rings. The number of amides is 1. The Bertz CT molecular complexity index is 487. The van der Waals surface area contributed by atoms with Gasteiger partial charge in [0, 0.05) is 38.5 Å². The maximum Gasteiger partial charge on any atom is 0.226 e. The highest BCUT2D eigenvalue weighted by Crippen LogP contribution is 2.26. The van der Waals surface area contributed by atoms with Crippen molar-refractivity contribution in [1.29, 1.82) is 5.26 Å². The Kier molecular flexibility index (Phi) is 4.85. The van der Waals surface area contributed by atoms with Gasteiger partial charge in [-0.2, -0.15) is 5.26 Å². The van der Waals surface area contributed by atoms with Crippen LogP contribution >= 0.6 is 0 Å². The molecule has 1 amide bonds. The van der Waals surface area contributed by atoms with Gasteiger partial charge in [0.1, 0.15) is 6.54 Å². The van der Waals surface area contributed by atoms with E-state index in [0.29, 0.717) is 25.6 Å². The monoisotopic (exact) mass is 275 g/mol. The molecule has 1 fully saturated rings. The molecule has 0 spiro atoms. The van der Waals surface area contributed by atoms with Gasteiger partial charge in [-0.05, 0) is 6.07 Å². The maximum absolute atomic E-state index is 12.1. The lowest BCUT2D eigenvalue weighted by Crippen LogP contribution is -2.36. The van der Waals surface area contributed by atoms with E-state index in [0.717, 1.165) is 0 Å². The van der Waals surface area contributed by atoms with E-state index in [2.05, 4.69) is 15.3 Å². The number of nitriles is 1. The lowest BCUT2D eigenvalue weighted by molar-refractivity contribution is -0.125. The van der Waals surface area contributed by atoms with Crippen LogP contribution in [0, 0.1) is 23.2 Å². The second-order valence-electron chi connectivity index (χ2n) is 4.65. The van der Waals surface area contributed by atoms with Crippen molar-refractivity contribution in [3.63, 3.8) is 0 Å². The zero-order valence-electron chi connectivity index (χ0n) is 11.3. The van der Waals surface area contributed by atoms with Crippen LogP contribution < -0.4 is 10.2 Å². The van der Waals surface area contributed by atoms with Crippen LogP contribution in [0.2, 0.25) is 0 Å². The summed E-state index contributed by atoms with van der Waals surface area (Å²) in [5, 5.41) is 11.1. The Morgan fingerprint density at radius 1 is 1.55 bits per heavy atom. The summed E-state index contributed by atoms with van der Waals surface area (Å²) in [6, 6.07) is 3.66. The number of hydrogen-bond acceptors (Lipinski definition) is 6. The van der Waals surface area contributed by atoms with Crippen LogP contribution in [0.4, 0.5) is 5.95 Å². The molecule has 2 atom stereocenters. The van der Waals surface area contributed by atoms with Crippen molar-refractivity contribution >= 4 is 11.9 Å². The van der Waals surface area contributed by atoms with Gasteiger partial charge in [-0.25, -0.2) is 9.97 Å². The number of rotatable bonds is 5. The fourth-order valence-electron chi connectivity index (χ4n) is 2.43. The van der Waals surface area contributed by atoms with E-state index in [1.807, 2.05) is 11.0 Å². The number of nitrogens with zero attached hydrogens (tertiary/aromatic N) is 4.